The number of hydrogen-bond donors (Lipinski definition) is 2. The minimum Gasteiger partial charge on any atom is -0.394 e. The summed E-state index contributed by atoms with van der Waals surface area (Å²) in [7, 11) is 0. The maximum Gasteiger partial charge on any atom is 0.261 e. The Bertz CT molecular complexity index is 489. The summed E-state index contributed by atoms with van der Waals surface area (Å²) in [5.41, 5.74) is 0.957. The number of aryl methyl sites for hydroxylation is 2. The average Bonchev–Trinajstić information content (AvgIpc) is 2.99. The summed E-state index contributed by atoms with van der Waals surface area (Å²) in [6.45, 7) is 2.25. The fourth-order valence-electron chi connectivity index (χ4n) is 3.70. The van der Waals surface area contributed by atoms with Crippen LogP contribution in [0.25, 0.3) is 0 Å². The topological polar surface area (TPSA) is 49.3 Å². The van der Waals surface area contributed by atoms with Gasteiger partial charge in [-0.15, -0.1) is 11.3 Å². The first-order valence-electron chi connectivity index (χ1n) is 7.67. The van der Waals surface area contributed by atoms with Crippen LogP contribution in [-0.4, -0.2) is 23.2 Å². The minimum atomic E-state index is -0.400. The highest BCUT2D eigenvalue weighted by molar-refractivity contribution is 7.14. The Hall–Kier alpha value is -0.870. The molecule has 2 unspecified atom stereocenters. The first-order chi connectivity index (χ1) is 9.62. The molecule has 0 bridgehead atoms. The van der Waals surface area contributed by atoms with Crippen LogP contribution < -0.4 is 5.32 Å². The summed E-state index contributed by atoms with van der Waals surface area (Å²) in [6, 6.07) is 2.06. The second-order valence-electron chi connectivity index (χ2n) is 6.51. The van der Waals surface area contributed by atoms with Crippen LogP contribution in [0.2, 0.25) is 0 Å². The molecule has 0 aliphatic heterocycles. The van der Waals surface area contributed by atoms with Crippen LogP contribution in [0.3, 0.4) is 0 Å². The number of aliphatic hydroxyl groups excluding tert-OH is 1. The predicted octanol–water partition coefficient (Wildman–Crippen LogP) is 2.91. The lowest BCUT2D eigenvalue weighted by molar-refractivity contribution is 0.0700. The molecule has 20 heavy (non-hydrogen) atoms. The molecule has 3 rings (SSSR count). The summed E-state index contributed by atoms with van der Waals surface area (Å²) < 4.78 is 0. The zero-order chi connectivity index (χ0) is 14.2. The third-order valence-corrected chi connectivity index (χ3v) is 5.98. The molecule has 1 saturated carbocycles. The Morgan fingerprint density at radius 1 is 1.50 bits per heavy atom. The first kappa shape index (κ1) is 14.1. The van der Waals surface area contributed by atoms with Gasteiger partial charge in [-0.25, -0.2) is 0 Å². The van der Waals surface area contributed by atoms with E-state index in [9.17, 15) is 9.90 Å². The van der Waals surface area contributed by atoms with Crippen molar-refractivity contribution in [2.24, 2.45) is 5.92 Å². The van der Waals surface area contributed by atoms with Crippen LogP contribution in [0.4, 0.5) is 0 Å². The molecule has 0 radical (unpaired) electrons. The van der Waals surface area contributed by atoms with E-state index in [1.165, 1.54) is 23.3 Å². The third kappa shape index (κ3) is 2.63. The predicted molar refractivity (Wildman–Crippen MR) is 81.3 cm³/mol. The maximum atomic E-state index is 12.5. The van der Waals surface area contributed by atoms with Crippen LogP contribution in [0, 0.1) is 5.92 Å². The highest BCUT2D eigenvalue weighted by Gasteiger charge is 2.36. The van der Waals surface area contributed by atoms with Gasteiger partial charge in [0, 0.05) is 4.88 Å². The highest BCUT2D eigenvalue weighted by atomic mass is 32.1. The molecular weight excluding hydrogens is 270 g/mol. The summed E-state index contributed by atoms with van der Waals surface area (Å²) in [5, 5.41) is 12.9. The Kier molecular flexibility index (Phi) is 3.87. The van der Waals surface area contributed by atoms with Gasteiger partial charge in [0.15, 0.2) is 0 Å². The van der Waals surface area contributed by atoms with Gasteiger partial charge in [0.1, 0.15) is 0 Å². The van der Waals surface area contributed by atoms with Gasteiger partial charge in [-0.05, 0) is 49.7 Å². The van der Waals surface area contributed by atoms with E-state index >= 15 is 0 Å². The van der Waals surface area contributed by atoms with Gasteiger partial charge in [-0.1, -0.05) is 19.8 Å². The summed E-state index contributed by atoms with van der Waals surface area (Å²) in [5.74, 6) is 0.581. The van der Waals surface area contributed by atoms with Gasteiger partial charge >= 0.3 is 0 Å². The zero-order valence-corrected chi connectivity index (χ0v) is 12.9. The van der Waals surface area contributed by atoms with E-state index in [0.29, 0.717) is 5.92 Å². The van der Waals surface area contributed by atoms with E-state index in [0.717, 1.165) is 37.0 Å². The molecule has 1 fully saturated rings. The largest absolute Gasteiger partial charge is 0.394 e. The molecule has 1 heterocycles. The second-order valence-corrected chi connectivity index (χ2v) is 7.64. The van der Waals surface area contributed by atoms with Crippen molar-refractivity contribution in [3.05, 3.63) is 21.4 Å². The van der Waals surface area contributed by atoms with E-state index in [4.69, 9.17) is 0 Å². The van der Waals surface area contributed by atoms with Gasteiger partial charge in [0.05, 0.1) is 17.0 Å². The number of carbonyl (C=O) groups excluding carboxylic acids is 1. The lowest BCUT2D eigenvalue weighted by atomic mass is 9.77. The van der Waals surface area contributed by atoms with Gasteiger partial charge in [0.2, 0.25) is 0 Å². The number of fused-ring (bicyclic) bond motifs is 1. The Morgan fingerprint density at radius 2 is 2.35 bits per heavy atom. The Balaban J connectivity index is 1.73. The van der Waals surface area contributed by atoms with Crippen LogP contribution in [-0.2, 0) is 12.8 Å². The monoisotopic (exact) mass is 293 g/mol. The highest BCUT2D eigenvalue weighted by Crippen LogP contribution is 2.34. The van der Waals surface area contributed by atoms with Crippen LogP contribution in [0.1, 0.15) is 59.1 Å². The average molecular weight is 293 g/mol. The third-order valence-electron chi connectivity index (χ3n) is 4.74. The standard InChI is InChI=1S/C16H23NO2S/c1-11-4-3-7-16(9-11,10-18)17-15(19)14-8-12-5-2-6-13(12)20-14/h8,11,18H,2-7,9-10H2,1H3,(H,17,19). The zero-order valence-electron chi connectivity index (χ0n) is 12.1. The molecule has 2 aliphatic carbocycles. The molecule has 0 aromatic carbocycles. The molecule has 1 aromatic rings. The number of carbonyl (C=O) groups is 1. The SMILES string of the molecule is CC1CCCC(CO)(NC(=O)c2cc3c(s2)CCC3)C1. The molecule has 110 valence electrons. The maximum absolute atomic E-state index is 12.5. The first-order valence-corrected chi connectivity index (χ1v) is 8.48. The summed E-state index contributed by atoms with van der Waals surface area (Å²) >= 11 is 1.63. The van der Waals surface area contributed by atoms with Crippen molar-refractivity contribution in [2.45, 2.75) is 57.4 Å². The molecule has 2 N–H and O–H groups in total. The quantitative estimate of drug-likeness (QED) is 0.900. The van der Waals surface area contributed by atoms with Crippen LogP contribution in [0.5, 0.6) is 0 Å². The molecule has 4 heteroatoms. The van der Waals surface area contributed by atoms with Crippen molar-refractivity contribution in [3.63, 3.8) is 0 Å². The van der Waals surface area contributed by atoms with Gasteiger partial charge in [-0.2, -0.15) is 0 Å². The van der Waals surface area contributed by atoms with Crippen molar-refractivity contribution < 1.29 is 9.90 Å². The second kappa shape index (κ2) is 5.49. The summed E-state index contributed by atoms with van der Waals surface area (Å²) in [4.78, 5) is 14.7. The van der Waals surface area contributed by atoms with Crippen LogP contribution >= 0.6 is 11.3 Å². The van der Waals surface area contributed by atoms with E-state index in [2.05, 4.69) is 18.3 Å². The minimum absolute atomic E-state index is 0.00699. The molecular formula is C16H23NO2S. The van der Waals surface area contributed by atoms with Crippen molar-refractivity contribution in [2.75, 3.05) is 6.61 Å². The fraction of sp³-hybridized carbons (Fsp3) is 0.688. The number of aliphatic hydroxyl groups is 1. The van der Waals surface area contributed by atoms with Gasteiger partial charge < -0.3 is 10.4 Å². The van der Waals surface area contributed by atoms with Crippen molar-refractivity contribution in [1.29, 1.82) is 0 Å². The molecule has 2 atom stereocenters. The number of hydrogen-bond acceptors (Lipinski definition) is 3. The van der Waals surface area contributed by atoms with E-state index in [1.807, 2.05) is 0 Å². The number of amides is 1. The smallest absolute Gasteiger partial charge is 0.261 e. The molecule has 0 spiro atoms. The molecule has 2 aliphatic rings. The van der Waals surface area contributed by atoms with Gasteiger partial charge in [-0.3, -0.25) is 4.79 Å². The van der Waals surface area contributed by atoms with Crippen molar-refractivity contribution >= 4 is 17.2 Å². The number of rotatable bonds is 3. The normalized spacial score (nSPS) is 29.2. The Morgan fingerprint density at radius 3 is 3.05 bits per heavy atom. The molecule has 3 nitrogen and oxygen atoms in total. The summed E-state index contributed by atoms with van der Waals surface area (Å²) in [6.07, 6.45) is 7.52. The van der Waals surface area contributed by atoms with E-state index in [-0.39, 0.29) is 12.5 Å². The molecule has 1 aromatic heterocycles. The molecule has 0 saturated heterocycles. The number of nitrogens with one attached hydrogen (secondary N) is 1. The fourth-order valence-corrected chi connectivity index (χ4v) is 4.85. The van der Waals surface area contributed by atoms with Crippen molar-refractivity contribution in [3.8, 4) is 0 Å². The molecule has 1 amide bonds. The van der Waals surface area contributed by atoms with E-state index in [1.54, 1.807) is 11.3 Å². The lowest BCUT2D eigenvalue weighted by Gasteiger charge is -2.39. The Labute approximate surface area is 124 Å². The lowest BCUT2D eigenvalue weighted by Crippen LogP contribution is -2.53. The van der Waals surface area contributed by atoms with Crippen LogP contribution in [0.15, 0.2) is 6.07 Å². The van der Waals surface area contributed by atoms with Gasteiger partial charge in [0.25, 0.3) is 5.91 Å². The van der Waals surface area contributed by atoms with Crippen molar-refractivity contribution in [1.82, 2.24) is 5.32 Å². The number of thiophene rings is 1. The van der Waals surface area contributed by atoms with E-state index < -0.39 is 5.54 Å².